The molecule has 2 aromatic heterocycles. The van der Waals surface area contributed by atoms with Gasteiger partial charge in [0.1, 0.15) is 5.82 Å². The first-order valence-corrected chi connectivity index (χ1v) is 13.8. The molecule has 0 aliphatic heterocycles. The van der Waals surface area contributed by atoms with Crippen LogP contribution in [0.25, 0.3) is 11.1 Å². The van der Waals surface area contributed by atoms with Gasteiger partial charge in [0.25, 0.3) is 0 Å². The SMILES string of the molecule is CC(C)(C)c1noc(C(=O)N[C@@H]2CCCCc3cc(-c4ccnc(NC(=O)[C@H]5CC56CCC6)c4)ccc32)n1. The molecule has 3 aliphatic carbocycles. The zero-order valence-electron chi connectivity index (χ0n) is 22.3. The highest BCUT2D eigenvalue weighted by Gasteiger charge is 2.60. The minimum atomic E-state index is -0.344. The summed E-state index contributed by atoms with van der Waals surface area (Å²) in [6.07, 6.45) is 10.3. The van der Waals surface area contributed by atoms with E-state index in [1.165, 1.54) is 24.8 Å². The van der Waals surface area contributed by atoms with Gasteiger partial charge in [-0.2, -0.15) is 4.98 Å². The number of aryl methyl sites for hydroxylation is 1. The van der Waals surface area contributed by atoms with Crippen LogP contribution in [0.1, 0.15) is 99.4 Å². The van der Waals surface area contributed by atoms with Crippen LogP contribution in [-0.2, 0) is 16.6 Å². The second-order valence-corrected chi connectivity index (χ2v) is 12.3. The van der Waals surface area contributed by atoms with E-state index in [1.54, 1.807) is 6.20 Å². The number of carbonyl (C=O) groups excluding carboxylic acids is 2. The average molecular weight is 514 g/mol. The summed E-state index contributed by atoms with van der Waals surface area (Å²) in [7, 11) is 0. The lowest BCUT2D eigenvalue weighted by molar-refractivity contribution is -0.118. The maximum absolute atomic E-state index is 13.0. The summed E-state index contributed by atoms with van der Waals surface area (Å²) < 4.78 is 5.26. The Morgan fingerprint density at radius 1 is 1.05 bits per heavy atom. The van der Waals surface area contributed by atoms with Crippen LogP contribution in [0.2, 0.25) is 0 Å². The number of hydrogen-bond acceptors (Lipinski definition) is 6. The van der Waals surface area contributed by atoms with Gasteiger partial charge in [0, 0.05) is 17.5 Å². The quantitative estimate of drug-likeness (QED) is 0.420. The molecule has 8 heteroatoms. The van der Waals surface area contributed by atoms with E-state index in [0.717, 1.165) is 48.8 Å². The third-order valence-corrected chi connectivity index (χ3v) is 8.50. The Balaban J connectivity index is 1.18. The fraction of sp³-hybridized carbons (Fsp3) is 0.500. The van der Waals surface area contributed by atoms with E-state index < -0.39 is 0 Å². The molecule has 38 heavy (non-hydrogen) atoms. The molecular weight excluding hydrogens is 478 g/mol. The fourth-order valence-corrected chi connectivity index (χ4v) is 5.95. The minimum absolute atomic E-state index is 0.00173. The van der Waals surface area contributed by atoms with Gasteiger partial charge in [-0.15, -0.1) is 0 Å². The molecule has 8 nitrogen and oxygen atoms in total. The molecule has 2 saturated carbocycles. The first kappa shape index (κ1) is 24.8. The van der Waals surface area contributed by atoms with Crippen LogP contribution in [0.3, 0.4) is 0 Å². The van der Waals surface area contributed by atoms with Gasteiger partial charge in [-0.05, 0) is 78.3 Å². The van der Waals surface area contributed by atoms with Gasteiger partial charge in [-0.1, -0.05) is 57.0 Å². The van der Waals surface area contributed by atoms with Gasteiger partial charge in [0.2, 0.25) is 5.91 Å². The molecule has 3 aromatic rings. The number of benzene rings is 1. The fourth-order valence-electron chi connectivity index (χ4n) is 5.95. The summed E-state index contributed by atoms with van der Waals surface area (Å²) in [4.78, 5) is 34.4. The number of nitrogens with one attached hydrogen (secondary N) is 2. The van der Waals surface area contributed by atoms with Crippen LogP contribution in [0.5, 0.6) is 0 Å². The van der Waals surface area contributed by atoms with Crippen molar-refractivity contribution in [1.29, 1.82) is 0 Å². The molecule has 3 aliphatic rings. The molecule has 198 valence electrons. The standard InChI is InChI=1S/C30H35N5O3/c1-29(2,3)28-34-27(38-35-28)26(37)32-23-8-5-4-7-20-15-18(9-10-21(20)23)19-11-14-31-24(16-19)33-25(36)22-17-30(22)12-6-13-30/h9-11,14-16,22-23H,4-8,12-13,17H2,1-3H3,(H,32,37)(H,31,33,36)/t22-,23-/m1/s1. The van der Waals surface area contributed by atoms with Crippen molar-refractivity contribution in [2.24, 2.45) is 11.3 Å². The van der Waals surface area contributed by atoms with Crippen molar-refractivity contribution in [1.82, 2.24) is 20.4 Å². The van der Waals surface area contributed by atoms with Gasteiger partial charge in [0.05, 0.1) is 6.04 Å². The van der Waals surface area contributed by atoms with Crippen LogP contribution in [0, 0.1) is 11.3 Å². The third kappa shape index (κ3) is 4.72. The van der Waals surface area contributed by atoms with Crippen LogP contribution < -0.4 is 10.6 Å². The number of hydrogen-bond donors (Lipinski definition) is 2. The van der Waals surface area contributed by atoms with Crippen molar-refractivity contribution in [2.45, 2.75) is 83.6 Å². The number of carbonyl (C=O) groups is 2. The number of rotatable bonds is 5. The second kappa shape index (κ2) is 9.33. The van der Waals surface area contributed by atoms with E-state index in [1.807, 2.05) is 32.9 Å². The van der Waals surface area contributed by atoms with Gasteiger partial charge in [-0.25, -0.2) is 4.98 Å². The van der Waals surface area contributed by atoms with Crippen molar-refractivity contribution in [3.63, 3.8) is 0 Å². The van der Waals surface area contributed by atoms with Gasteiger partial charge >= 0.3 is 11.8 Å². The van der Waals surface area contributed by atoms with E-state index in [0.29, 0.717) is 17.1 Å². The number of anilines is 1. The predicted molar refractivity (Wildman–Crippen MR) is 143 cm³/mol. The molecule has 2 N–H and O–H groups in total. The van der Waals surface area contributed by atoms with Crippen LogP contribution >= 0.6 is 0 Å². The van der Waals surface area contributed by atoms with Crippen LogP contribution in [0.4, 0.5) is 5.82 Å². The molecule has 2 fully saturated rings. The van der Waals surface area contributed by atoms with E-state index >= 15 is 0 Å². The van der Waals surface area contributed by atoms with Crippen molar-refractivity contribution in [2.75, 3.05) is 5.32 Å². The lowest BCUT2D eigenvalue weighted by Crippen LogP contribution is -2.29. The summed E-state index contributed by atoms with van der Waals surface area (Å²) in [5.41, 5.74) is 4.43. The minimum Gasteiger partial charge on any atom is -0.341 e. The molecule has 0 radical (unpaired) electrons. The Labute approximate surface area is 223 Å². The molecule has 0 unspecified atom stereocenters. The van der Waals surface area contributed by atoms with Gasteiger partial charge < -0.3 is 15.2 Å². The van der Waals surface area contributed by atoms with Crippen LogP contribution in [-0.4, -0.2) is 26.9 Å². The Morgan fingerprint density at radius 2 is 1.87 bits per heavy atom. The first-order chi connectivity index (χ1) is 18.2. The Kier molecular flexibility index (Phi) is 6.08. The Morgan fingerprint density at radius 3 is 2.58 bits per heavy atom. The third-order valence-electron chi connectivity index (χ3n) is 8.50. The first-order valence-electron chi connectivity index (χ1n) is 13.8. The van der Waals surface area contributed by atoms with E-state index in [2.05, 4.69) is 44.0 Å². The largest absolute Gasteiger partial charge is 0.341 e. The lowest BCUT2D eigenvalue weighted by atomic mass is 9.80. The highest BCUT2D eigenvalue weighted by Crippen LogP contribution is 2.65. The molecule has 0 bridgehead atoms. The van der Waals surface area contributed by atoms with Crippen molar-refractivity contribution >= 4 is 17.6 Å². The maximum atomic E-state index is 13.0. The normalized spacial score (nSPS) is 21.7. The van der Waals surface area contributed by atoms with Crippen molar-refractivity contribution in [3.05, 3.63) is 59.4 Å². The van der Waals surface area contributed by atoms with Gasteiger partial charge in [0.15, 0.2) is 5.82 Å². The highest BCUT2D eigenvalue weighted by molar-refractivity contribution is 5.95. The smallest absolute Gasteiger partial charge is 0.315 e. The van der Waals surface area contributed by atoms with Crippen molar-refractivity contribution < 1.29 is 14.1 Å². The summed E-state index contributed by atoms with van der Waals surface area (Å²) >= 11 is 0. The van der Waals surface area contributed by atoms with Crippen molar-refractivity contribution in [3.8, 4) is 11.1 Å². The van der Waals surface area contributed by atoms with E-state index in [-0.39, 0.29) is 35.1 Å². The Hall–Kier alpha value is -3.55. The average Bonchev–Trinajstić information content (AvgIpc) is 3.51. The van der Waals surface area contributed by atoms with Crippen LogP contribution in [0.15, 0.2) is 41.1 Å². The number of pyridine rings is 1. The molecule has 1 spiro atoms. The number of aromatic nitrogens is 3. The molecule has 2 heterocycles. The zero-order valence-corrected chi connectivity index (χ0v) is 22.3. The predicted octanol–water partition coefficient (Wildman–Crippen LogP) is 5.76. The molecule has 0 saturated heterocycles. The van der Waals surface area contributed by atoms with E-state index in [4.69, 9.17) is 4.52 Å². The molecule has 1 aromatic carbocycles. The zero-order chi connectivity index (χ0) is 26.5. The number of amides is 2. The molecular formula is C30H35N5O3. The summed E-state index contributed by atoms with van der Waals surface area (Å²) in [6.45, 7) is 5.95. The molecule has 2 amide bonds. The number of fused-ring (bicyclic) bond motifs is 1. The summed E-state index contributed by atoms with van der Waals surface area (Å²) in [6, 6.07) is 10.2. The monoisotopic (exact) mass is 513 g/mol. The summed E-state index contributed by atoms with van der Waals surface area (Å²) in [5, 5.41) is 10.2. The summed E-state index contributed by atoms with van der Waals surface area (Å²) in [5.74, 6) is 1.02. The highest BCUT2D eigenvalue weighted by atomic mass is 16.5. The van der Waals surface area contributed by atoms with Gasteiger partial charge in [-0.3, -0.25) is 9.59 Å². The number of nitrogens with zero attached hydrogens (tertiary/aromatic N) is 3. The Bertz CT molecular complexity index is 1380. The molecule has 2 atom stereocenters. The molecule has 6 rings (SSSR count). The maximum Gasteiger partial charge on any atom is 0.315 e. The lowest BCUT2D eigenvalue weighted by Gasteiger charge is -2.26. The van der Waals surface area contributed by atoms with E-state index in [9.17, 15) is 9.59 Å². The second-order valence-electron chi connectivity index (χ2n) is 12.3. The topological polar surface area (TPSA) is 110 Å².